The van der Waals surface area contributed by atoms with Gasteiger partial charge in [0.25, 0.3) is 0 Å². The average molecular weight is 406 g/mol. The Labute approximate surface area is 173 Å². The first-order valence-corrected chi connectivity index (χ1v) is 10.5. The molecule has 154 valence electrons. The highest BCUT2D eigenvalue weighted by molar-refractivity contribution is 6.00. The second kappa shape index (κ2) is 8.83. The Kier molecular flexibility index (Phi) is 6.66. The van der Waals surface area contributed by atoms with Gasteiger partial charge in [0.15, 0.2) is 0 Å². The molecule has 2 amide bonds. The van der Waals surface area contributed by atoms with E-state index >= 15 is 0 Å². The fourth-order valence-corrected chi connectivity index (χ4v) is 5.28. The molecule has 3 atom stereocenters. The summed E-state index contributed by atoms with van der Waals surface area (Å²) in [6.07, 6.45) is 6.93. The molecular weight excluding hydrogens is 374 g/mol. The number of carbonyl (C=O) groups is 2. The van der Waals surface area contributed by atoms with Gasteiger partial charge in [-0.15, -0.1) is 12.4 Å². The lowest BCUT2D eigenvalue weighted by Crippen LogP contribution is -2.55. The van der Waals surface area contributed by atoms with Crippen LogP contribution in [0.3, 0.4) is 0 Å². The Morgan fingerprint density at radius 2 is 1.71 bits per heavy atom. The molecule has 3 N–H and O–H groups in total. The molecule has 1 saturated heterocycles. The summed E-state index contributed by atoms with van der Waals surface area (Å²) in [5, 5.41) is 3.08. The molecule has 1 aromatic rings. The summed E-state index contributed by atoms with van der Waals surface area (Å²) in [4.78, 5) is 27.7. The molecule has 3 unspecified atom stereocenters. The summed E-state index contributed by atoms with van der Waals surface area (Å²) in [6.45, 7) is 2.76. The van der Waals surface area contributed by atoms with Crippen molar-refractivity contribution in [2.45, 2.75) is 64.0 Å². The molecule has 1 aromatic carbocycles. The number of nitrogens with two attached hydrogens (primary N) is 1. The highest BCUT2D eigenvalue weighted by Gasteiger charge is 2.41. The topological polar surface area (TPSA) is 75.4 Å². The number of amides is 2. The van der Waals surface area contributed by atoms with Crippen LogP contribution < -0.4 is 16.0 Å². The van der Waals surface area contributed by atoms with Gasteiger partial charge >= 0.3 is 0 Å². The Morgan fingerprint density at radius 3 is 2.36 bits per heavy atom. The molecule has 5 nitrogen and oxygen atoms in total. The molecule has 3 fully saturated rings. The van der Waals surface area contributed by atoms with Crippen molar-refractivity contribution in [3.63, 3.8) is 0 Å². The van der Waals surface area contributed by atoms with Gasteiger partial charge in [-0.2, -0.15) is 0 Å². The molecule has 1 aliphatic heterocycles. The molecule has 3 aliphatic rings. The van der Waals surface area contributed by atoms with E-state index in [4.69, 9.17) is 5.73 Å². The van der Waals surface area contributed by atoms with Crippen molar-refractivity contribution in [2.24, 2.45) is 23.5 Å². The Morgan fingerprint density at radius 1 is 1.07 bits per heavy atom. The fourth-order valence-electron chi connectivity index (χ4n) is 5.28. The van der Waals surface area contributed by atoms with Crippen molar-refractivity contribution < 1.29 is 9.59 Å². The number of benzene rings is 1. The van der Waals surface area contributed by atoms with E-state index < -0.39 is 6.04 Å². The summed E-state index contributed by atoms with van der Waals surface area (Å²) >= 11 is 0. The number of piperidine rings is 1. The second-order valence-electron chi connectivity index (χ2n) is 8.73. The number of hydrogen-bond donors (Lipinski definition) is 2. The van der Waals surface area contributed by atoms with Crippen LogP contribution in [-0.2, 0) is 9.59 Å². The number of fused-ring (bicyclic) bond motifs is 2. The Balaban J connectivity index is 0.00000225. The first kappa shape index (κ1) is 21.1. The maximum atomic E-state index is 13.0. The zero-order valence-corrected chi connectivity index (χ0v) is 17.4. The van der Waals surface area contributed by atoms with Gasteiger partial charge < -0.3 is 16.0 Å². The summed E-state index contributed by atoms with van der Waals surface area (Å²) in [5.74, 6) is 1.04. The first-order chi connectivity index (χ1) is 13.0. The minimum absolute atomic E-state index is 0. The van der Waals surface area contributed by atoms with E-state index in [2.05, 4.69) is 5.32 Å². The molecule has 0 spiro atoms. The second-order valence-corrected chi connectivity index (χ2v) is 8.73. The SMILES string of the molecule is Cc1ccc(N2CCCC(NC(=O)C3CC4CCCC(C3)C4N)C2=O)cc1.Cl. The third-order valence-electron chi connectivity index (χ3n) is 6.88. The largest absolute Gasteiger partial charge is 0.344 e. The van der Waals surface area contributed by atoms with Crippen molar-refractivity contribution >= 4 is 29.9 Å². The Bertz CT molecular complexity index is 694. The van der Waals surface area contributed by atoms with Crippen LogP contribution in [0.2, 0.25) is 0 Å². The van der Waals surface area contributed by atoms with E-state index in [0.29, 0.717) is 11.8 Å². The third-order valence-corrected chi connectivity index (χ3v) is 6.88. The molecule has 2 bridgehead atoms. The highest BCUT2D eigenvalue weighted by atomic mass is 35.5. The van der Waals surface area contributed by atoms with Gasteiger partial charge in [0.1, 0.15) is 6.04 Å². The lowest BCUT2D eigenvalue weighted by atomic mass is 9.65. The molecule has 28 heavy (non-hydrogen) atoms. The summed E-state index contributed by atoms with van der Waals surface area (Å²) in [7, 11) is 0. The van der Waals surface area contributed by atoms with E-state index in [1.165, 1.54) is 12.0 Å². The van der Waals surface area contributed by atoms with Crippen LogP contribution in [0.25, 0.3) is 0 Å². The molecule has 1 heterocycles. The minimum atomic E-state index is -0.400. The maximum absolute atomic E-state index is 13.0. The van der Waals surface area contributed by atoms with Crippen molar-refractivity contribution in [1.82, 2.24) is 5.32 Å². The lowest BCUT2D eigenvalue weighted by Gasteiger charge is -2.44. The molecule has 4 rings (SSSR count). The molecule has 0 radical (unpaired) electrons. The first-order valence-electron chi connectivity index (χ1n) is 10.5. The number of nitrogens with zero attached hydrogens (tertiary/aromatic N) is 1. The number of nitrogens with one attached hydrogen (secondary N) is 1. The van der Waals surface area contributed by atoms with Crippen LogP contribution in [0.1, 0.15) is 50.5 Å². The van der Waals surface area contributed by atoms with Gasteiger partial charge in [0.05, 0.1) is 0 Å². The van der Waals surface area contributed by atoms with Gasteiger partial charge in [0.2, 0.25) is 11.8 Å². The van der Waals surface area contributed by atoms with Gasteiger partial charge in [-0.25, -0.2) is 0 Å². The standard InChI is InChI=1S/C22H31N3O2.ClH/c1-14-7-9-18(10-8-14)25-11-3-6-19(22(25)27)24-21(26)17-12-15-4-2-5-16(13-17)20(15)23;/h7-10,15-17,19-20H,2-6,11-13,23H2,1H3,(H,24,26);1H. The quantitative estimate of drug-likeness (QED) is 0.810. The van der Waals surface area contributed by atoms with E-state index in [-0.39, 0.29) is 36.2 Å². The van der Waals surface area contributed by atoms with E-state index in [9.17, 15) is 9.59 Å². The van der Waals surface area contributed by atoms with Crippen molar-refractivity contribution in [3.05, 3.63) is 29.8 Å². The van der Waals surface area contributed by atoms with Crippen LogP contribution in [0, 0.1) is 24.7 Å². The number of carbonyl (C=O) groups excluding carboxylic acids is 2. The molecule has 0 aromatic heterocycles. The number of hydrogen-bond acceptors (Lipinski definition) is 3. The number of halogens is 1. The van der Waals surface area contributed by atoms with Gasteiger partial charge in [-0.3, -0.25) is 9.59 Å². The summed E-state index contributed by atoms with van der Waals surface area (Å²) in [5.41, 5.74) is 8.45. The summed E-state index contributed by atoms with van der Waals surface area (Å²) in [6, 6.07) is 7.88. The Hall–Kier alpha value is -1.59. The predicted molar refractivity (Wildman–Crippen MR) is 113 cm³/mol. The smallest absolute Gasteiger partial charge is 0.249 e. The van der Waals surface area contributed by atoms with Crippen molar-refractivity contribution in [1.29, 1.82) is 0 Å². The zero-order chi connectivity index (χ0) is 19.0. The van der Waals surface area contributed by atoms with Gasteiger partial charge in [0, 0.05) is 24.2 Å². The molecule has 2 aliphatic carbocycles. The third kappa shape index (κ3) is 4.20. The number of aryl methyl sites for hydroxylation is 1. The monoisotopic (exact) mass is 405 g/mol. The lowest BCUT2D eigenvalue weighted by molar-refractivity contribution is -0.132. The zero-order valence-electron chi connectivity index (χ0n) is 16.6. The van der Waals surface area contributed by atoms with Gasteiger partial charge in [-0.1, -0.05) is 24.1 Å². The minimum Gasteiger partial charge on any atom is -0.344 e. The molecular formula is C22H32ClN3O2. The predicted octanol–water partition coefficient (Wildman–Crippen LogP) is 3.18. The molecule has 6 heteroatoms. The maximum Gasteiger partial charge on any atom is 0.249 e. The van der Waals surface area contributed by atoms with Crippen LogP contribution in [0.15, 0.2) is 24.3 Å². The van der Waals surface area contributed by atoms with Crippen molar-refractivity contribution in [3.8, 4) is 0 Å². The normalized spacial score (nSPS) is 32.4. The number of rotatable bonds is 3. The highest BCUT2D eigenvalue weighted by Crippen LogP contribution is 2.42. The molecule has 2 saturated carbocycles. The average Bonchev–Trinajstić information content (AvgIpc) is 2.64. The van der Waals surface area contributed by atoms with Gasteiger partial charge in [-0.05, 0) is 69.4 Å². The van der Waals surface area contributed by atoms with Crippen LogP contribution in [0.5, 0.6) is 0 Å². The van der Waals surface area contributed by atoms with Crippen molar-refractivity contribution in [2.75, 3.05) is 11.4 Å². The van der Waals surface area contributed by atoms with Crippen LogP contribution >= 0.6 is 12.4 Å². The fraction of sp³-hybridized carbons (Fsp3) is 0.636. The van der Waals surface area contributed by atoms with Crippen LogP contribution in [0.4, 0.5) is 5.69 Å². The van der Waals surface area contributed by atoms with Crippen LogP contribution in [-0.4, -0.2) is 30.4 Å². The van der Waals surface area contributed by atoms with E-state index in [1.54, 1.807) is 0 Å². The van der Waals surface area contributed by atoms with E-state index in [1.807, 2.05) is 36.1 Å². The summed E-state index contributed by atoms with van der Waals surface area (Å²) < 4.78 is 0. The number of anilines is 1. The van der Waals surface area contributed by atoms with E-state index in [0.717, 1.165) is 50.8 Å².